The normalized spacial score (nSPS) is 9.50. The number of unbranched alkanes of at least 4 members (excludes halogenated alkanes) is 2. The van der Waals surface area contributed by atoms with Crippen molar-refractivity contribution in [2.45, 2.75) is 26.2 Å². The van der Waals surface area contributed by atoms with Crippen molar-refractivity contribution in [1.29, 1.82) is 0 Å². The van der Waals surface area contributed by atoms with Gasteiger partial charge in [0.1, 0.15) is 6.29 Å². The van der Waals surface area contributed by atoms with E-state index in [9.17, 15) is 9.59 Å². The Hall–Kier alpha value is -0.900. The third kappa shape index (κ3) is 4.85. The second-order valence-electron chi connectivity index (χ2n) is 2.47. The number of carbonyl (C=O) groups excluding carboxylic acids is 2. The molecule has 0 bridgehead atoms. The lowest BCUT2D eigenvalue weighted by Crippen LogP contribution is -2.28. The van der Waals surface area contributed by atoms with Crippen molar-refractivity contribution in [2.24, 2.45) is 0 Å². The molecule has 0 spiro atoms. The molecular formula is C8H15NO3. The van der Waals surface area contributed by atoms with Crippen LogP contribution in [0.3, 0.4) is 0 Å². The smallest absolute Gasteiger partial charge is 0.242 e. The molecule has 0 aromatic rings. The highest BCUT2D eigenvalue weighted by atomic mass is 16.7. The molecule has 1 amide bonds. The lowest BCUT2D eigenvalue weighted by Gasteiger charge is -2.16. The standard InChI is InChI=1S/C8H15NO3/c1-8(11)9(12-2)6-4-3-5-7-10/h7H,3-6H2,1-2H3. The maximum absolute atomic E-state index is 10.8. The maximum atomic E-state index is 10.8. The SMILES string of the molecule is CON(CCCCC=O)C(C)=O. The summed E-state index contributed by atoms with van der Waals surface area (Å²) < 4.78 is 0. The van der Waals surface area contributed by atoms with Gasteiger partial charge in [-0.1, -0.05) is 0 Å². The summed E-state index contributed by atoms with van der Waals surface area (Å²) in [7, 11) is 1.46. The molecule has 0 rings (SSSR count). The first-order chi connectivity index (χ1) is 5.72. The van der Waals surface area contributed by atoms with Gasteiger partial charge in [0.25, 0.3) is 0 Å². The fourth-order valence-electron chi connectivity index (χ4n) is 0.860. The van der Waals surface area contributed by atoms with Crippen LogP contribution < -0.4 is 0 Å². The van der Waals surface area contributed by atoms with Crippen LogP contribution in [0.5, 0.6) is 0 Å². The largest absolute Gasteiger partial charge is 0.303 e. The summed E-state index contributed by atoms with van der Waals surface area (Å²) in [6.45, 7) is 2.00. The molecule has 0 aromatic heterocycles. The minimum absolute atomic E-state index is 0.108. The van der Waals surface area contributed by atoms with Crippen molar-refractivity contribution in [1.82, 2.24) is 5.06 Å². The Morgan fingerprint density at radius 1 is 1.50 bits per heavy atom. The minimum atomic E-state index is -0.108. The summed E-state index contributed by atoms with van der Waals surface area (Å²) in [6, 6.07) is 0. The quantitative estimate of drug-likeness (QED) is 0.338. The molecule has 0 unspecified atom stereocenters. The highest BCUT2D eigenvalue weighted by molar-refractivity contribution is 5.71. The fourth-order valence-corrected chi connectivity index (χ4v) is 0.860. The third-order valence-corrected chi connectivity index (χ3v) is 1.50. The number of hydroxylamine groups is 2. The number of amides is 1. The first-order valence-corrected chi connectivity index (χ1v) is 3.98. The summed E-state index contributed by atoms with van der Waals surface area (Å²) in [6.07, 6.45) is 3.03. The zero-order chi connectivity index (χ0) is 9.40. The van der Waals surface area contributed by atoms with Crippen LogP contribution in [-0.2, 0) is 14.4 Å². The fraction of sp³-hybridized carbons (Fsp3) is 0.750. The van der Waals surface area contributed by atoms with Gasteiger partial charge < -0.3 is 4.79 Å². The Morgan fingerprint density at radius 3 is 2.58 bits per heavy atom. The summed E-state index contributed by atoms with van der Waals surface area (Å²) in [5.41, 5.74) is 0. The van der Waals surface area contributed by atoms with Gasteiger partial charge >= 0.3 is 0 Å². The molecule has 0 atom stereocenters. The van der Waals surface area contributed by atoms with E-state index in [1.807, 2.05) is 0 Å². The lowest BCUT2D eigenvalue weighted by molar-refractivity contribution is -0.173. The predicted molar refractivity (Wildman–Crippen MR) is 44.3 cm³/mol. The molecule has 0 aliphatic carbocycles. The third-order valence-electron chi connectivity index (χ3n) is 1.50. The summed E-state index contributed by atoms with van der Waals surface area (Å²) in [5, 5.41) is 1.28. The molecule has 0 aromatic carbocycles. The van der Waals surface area contributed by atoms with E-state index in [1.54, 1.807) is 0 Å². The molecule has 0 fully saturated rings. The van der Waals surface area contributed by atoms with E-state index >= 15 is 0 Å². The van der Waals surface area contributed by atoms with E-state index in [1.165, 1.54) is 19.1 Å². The molecule has 0 saturated carbocycles. The van der Waals surface area contributed by atoms with E-state index in [2.05, 4.69) is 0 Å². The molecule has 12 heavy (non-hydrogen) atoms. The second kappa shape index (κ2) is 6.79. The molecule has 70 valence electrons. The Kier molecular flexibility index (Phi) is 6.28. The van der Waals surface area contributed by atoms with Gasteiger partial charge in [0, 0.05) is 19.9 Å². The van der Waals surface area contributed by atoms with Crippen molar-refractivity contribution in [3.8, 4) is 0 Å². The second-order valence-corrected chi connectivity index (χ2v) is 2.47. The monoisotopic (exact) mass is 173 g/mol. The van der Waals surface area contributed by atoms with Crippen molar-refractivity contribution in [2.75, 3.05) is 13.7 Å². The van der Waals surface area contributed by atoms with Crippen LogP contribution in [0.4, 0.5) is 0 Å². The van der Waals surface area contributed by atoms with Crippen LogP contribution in [0.1, 0.15) is 26.2 Å². The first kappa shape index (κ1) is 11.1. The van der Waals surface area contributed by atoms with Crippen LogP contribution in [-0.4, -0.2) is 30.9 Å². The van der Waals surface area contributed by atoms with Gasteiger partial charge in [-0.2, -0.15) is 0 Å². The molecule has 0 aliphatic rings. The average molecular weight is 173 g/mol. The highest BCUT2D eigenvalue weighted by Gasteiger charge is 2.05. The minimum Gasteiger partial charge on any atom is -0.303 e. The van der Waals surface area contributed by atoms with Crippen LogP contribution in [0.15, 0.2) is 0 Å². The van der Waals surface area contributed by atoms with Gasteiger partial charge in [-0.05, 0) is 12.8 Å². The van der Waals surface area contributed by atoms with Crippen LogP contribution >= 0.6 is 0 Å². The summed E-state index contributed by atoms with van der Waals surface area (Å²) >= 11 is 0. The van der Waals surface area contributed by atoms with E-state index in [4.69, 9.17) is 4.84 Å². The van der Waals surface area contributed by atoms with Crippen LogP contribution in [0.25, 0.3) is 0 Å². The highest BCUT2D eigenvalue weighted by Crippen LogP contribution is 1.97. The Morgan fingerprint density at radius 2 is 2.17 bits per heavy atom. The number of nitrogens with zero attached hydrogens (tertiary/aromatic N) is 1. The Balaban J connectivity index is 3.44. The average Bonchev–Trinajstić information content (AvgIpc) is 2.04. The topological polar surface area (TPSA) is 46.6 Å². The zero-order valence-corrected chi connectivity index (χ0v) is 7.58. The van der Waals surface area contributed by atoms with E-state index < -0.39 is 0 Å². The Bertz CT molecular complexity index is 147. The summed E-state index contributed by atoms with van der Waals surface area (Å²) in [5.74, 6) is -0.108. The maximum Gasteiger partial charge on any atom is 0.242 e. The molecule has 0 aliphatic heterocycles. The molecule has 4 heteroatoms. The molecule has 0 radical (unpaired) electrons. The molecule has 0 saturated heterocycles. The van der Waals surface area contributed by atoms with Crippen molar-refractivity contribution in [3.05, 3.63) is 0 Å². The van der Waals surface area contributed by atoms with E-state index in [0.717, 1.165) is 19.1 Å². The van der Waals surface area contributed by atoms with Crippen molar-refractivity contribution >= 4 is 12.2 Å². The van der Waals surface area contributed by atoms with Crippen molar-refractivity contribution < 1.29 is 14.4 Å². The number of carbonyl (C=O) groups is 2. The van der Waals surface area contributed by atoms with Gasteiger partial charge in [-0.15, -0.1) is 0 Å². The van der Waals surface area contributed by atoms with Crippen LogP contribution in [0, 0.1) is 0 Å². The van der Waals surface area contributed by atoms with Crippen LogP contribution in [0.2, 0.25) is 0 Å². The molecule has 4 nitrogen and oxygen atoms in total. The van der Waals surface area contributed by atoms with Gasteiger partial charge in [0.15, 0.2) is 0 Å². The Labute approximate surface area is 72.4 Å². The van der Waals surface area contributed by atoms with Crippen molar-refractivity contribution in [3.63, 3.8) is 0 Å². The lowest BCUT2D eigenvalue weighted by atomic mass is 10.2. The zero-order valence-electron chi connectivity index (χ0n) is 7.58. The number of hydrogen-bond acceptors (Lipinski definition) is 3. The summed E-state index contributed by atoms with van der Waals surface area (Å²) in [4.78, 5) is 25.5. The molecule has 0 heterocycles. The predicted octanol–water partition coefficient (Wildman–Crippen LogP) is 0.766. The van der Waals surface area contributed by atoms with Gasteiger partial charge in [-0.3, -0.25) is 9.63 Å². The van der Waals surface area contributed by atoms with E-state index in [0.29, 0.717) is 13.0 Å². The first-order valence-electron chi connectivity index (χ1n) is 3.98. The van der Waals surface area contributed by atoms with Gasteiger partial charge in [0.05, 0.1) is 7.11 Å². The van der Waals surface area contributed by atoms with Gasteiger partial charge in [0.2, 0.25) is 5.91 Å². The van der Waals surface area contributed by atoms with Gasteiger partial charge in [-0.25, -0.2) is 5.06 Å². The molecular weight excluding hydrogens is 158 g/mol. The number of rotatable bonds is 6. The number of aldehydes is 1. The number of hydrogen-bond donors (Lipinski definition) is 0. The van der Waals surface area contributed by atoms with E-state index in [-0.39, 0.29) is 5.91 Å². The molecule has 0 N–H and O–H groups in total.